The lowest BCUT2D eigenvalue weighted by molar-refractivity contribution is 0.142. The van der Waals surface area contributed by atoms with Crippen molar-refractivity contribution >= 4 is 21.5 Å². The van der Waals surface area contributed by atoms with E-state index < -0.39 is 10.0 Å². The van der Waals surface area contributed by atoms with Crippen LogP contribution in [0.3, 0.4) is 0 Å². The van der Waals surface area contributed by atoms with E-state index in [0.29, 0.717) is 25.3 Å². The van der Waals surface area contributed by atoms with E-state index in [0.717, 1.165) is 29.7 Å². The second-order valence-electron chi connectivity index (χ2n) is 8.84. The Balaban J connectivity index is 1.40. The first kappa shape index (κ1) is 19.6. The summed E-state index contributed by atoms with van der Waals surface area (Å²) >= 11 is 0. The third-order valence-electron chi connectivity index (χ3n) is 6.79. The van der Waals surface area contributed by atoms with Gasteiger partial charge in [-0.25, -0.2) is 8.42 Å². The Labute approximate surface area is 185 Å². The first-order chi connectivity index (χ1) is 15.4. The van der Waals surface area contributed by atoms with Gasteiger partial charge in [-0.05, 0) is 49.1 Å². The van der Waals surface area contributed by atoms with Gasteiger partial charge in [0, 0.05) is 35.3 Å². The molecule has 2 N–H and O–H groups in total. The number of nitrogens with zero attached hydrogens (tertiary/aromatic N) is 2. The minimum atomic E-state index is -3.91. The van der Waals surface area contributed by atoms with Crippen LogP contribution in [-0.4, -0.2) is 45.0 Å². The summed E-state index contributed by atoms with van der Waals surface area (Å²) in [5.74, 6) is 1.11. The highest BCUT2D eigenvalue weighted by Gasteiger charge is 2.50. The van der Waals surface area contributed by atoms with Gasteiger partial charge < -0.3 is 19.3 Å². The number of para-hydroxylation sites is 1. The van der Waals surface area contributed by atoms with E-state index in [9.17, 15) is 13.5 Å². The van der Waals surface area contributed by atoms with Gasteiger partial charge in [-0.15, -0.1) is 0 Å². The highest BCUT2D eigenvalue weighted by Crippen LogP contribution is 2.58. The summed E-state index contributed by atoms with van der Waals surface area (Å²) in [5, 5.41) is 13.8. The molecule has 0 radical (unpaired) electrons. The van der Waals surface area contributed by atoms with Crippen molar-refractivity contribution in [2.75, 3.05) is 29.8 Å². The largest absolute Gasteiger partial charge is 0.495 e. The number of benzene rings is 2. The fourth-order valence-corrected chi connectivity index (χ4v) is 6.06. The normalized spacial score (nSPS) is 18.6. The van der Waals surface area contributed by atoms with Crippen molar-refractivity contribution < 1.29 is 22.8 Å². The van der Waals surface area contributed by atoms with Crippen LogP contribution < -0.4 is 14.4 Å². The van der Waals surface area contributed by atoms with Gasteiger partial charge in [0.1, 0.15) is 10.6 Å². The van der Waals surface area contributed by atoms with Crippen LogP contribution in [0.1, 0.15) is 24.0 Å². The Morgan fingerprint density at radius 2 is 2.00 bits per heavy atom. The van der Waals surface area contributed by atoms with E-state index in [1.165, 1.54) is 18.7 Å². The number of nitrogens with one attached hydrogen (secondary N) is 1. The molecule has 3 aliphatic rings. The predicted molar refractivity (Wildman–Crippen MR) is 119 cm³/mol. The molecular weight excluding hydrogens is 430 g/mol. The number of aliphatic hydroxyl groups is 1. The van der Waals surface area contributed by atoms with E-state index >= 15 is 0 Å². The van der Waals surface area contributed by atoms with E-state index in [-0.39, 0.29) is 28.0 Å². The molecule has 0 atom stereocenters. The fraction of sp³-hybridized carbons (Fsp3) is 0.348. The van der Waals surface area contributed by atoms with E-state index in [4.69, 9.17) is 9.26 Å². The van der Waals surface area contributed by atoms with Crippen molar-refractivity contribution in [3.8, 4) is 17.1 Å². The van der Waals surface area contributed by atoms with E-state index in [1.807, 2.05) is 0 Å². The van der Waals surface area contributed by atoms with Crippen molar-refractivity contribution in [1.29, 1.82) is 0 Å². The molecule has 2 fully saturated rings. The zero-order valence-electron chi connectivity index (χ0n) is 17.5. The lowest BCUT2D eigenvalue weighted by Gasteiger charge is -2.38. The topological polar surface area (TPSA) is 105 Å². The number of hydrogen-bond donors (Lipinski definition) is 2. The van der Waals surface area contributed by atoms with Crippen LogP contribution in [0.2, 0.25) is 0 Å². The number of aromatic nitrogens is 1. The molecule has 1 aromatic heterocycles. The quantitative estimate of drug-likeness (QED) is 0.612. The average molecular weight is 454 g/mol. The van der Waals surface area contributed by atoms with Gasteiger partial charge in [-0.2, -0.15) is 0 Å². The molecule has 0 bridgehead atoms. The lowest BCUT2D eigenvalue weighted by atomic mass is 9.79. The molecule has 1 spiro atoms. The summed E-state index contributed by atoms with van der Waals surface area (Å²) in [7, 11) is -2.47. The Kier molecular flexibility index (Phi) is 4.13. The van der Waals surface area contributed by atoms with Crippen LogP contribution in [-0.2, 0) is 21.9 Å². The Bertz CT molecular complexity index is 1320. The minimum Gasteiger partial charge on any atom is -0.495 e. The zero-order valence-corrected chi connectivity index (χ0v) is 18.4. The molecular formula is C23H23N3O5S. The molecule has 1 saturated heterocycles. The second kappa shape index (κ2) is 6.73. The summed E-state index contributed by atoms with van der Waals surface area (Å²) < 4.78 is 39.8. The third kappa shape index (κ3) is 2.91. The molecule has 2 heterocycles. The first-order valence-electron chi connectivity index (χ1n) is 10.6. The van der Waals surface area contributed by atoms with Gasteiger partial charge >= 0.3 is 0 Å². The Hall–Kier alpha value is -3.04. The van der Waals surface area contributed by atoms with Gasteiger partial charge in [0.2, 0.25) is 0 Å². The molecule has 1 aliphatic heterocycles. The summed E-state index contributed by atoms with van der Waals surface area (Å²) in [6.07, 6.45) is 2.48. The zero-order chi connectivity index (χ0) is 22.1. The van der Waals surface area contributed by atoms with Crippen molar-refractivity contribution in [2.24, 2.45) is 0 Å². The van der Waals surface area contributed by atoms with Crippen LogP contribution >= 0.6 is 0 Å². The van der Waals surface area contributed by atoms with Crippen LogP contribution in [0.15, 0.2) is 51.9 Å². The Morgan fingerprint density at radius 3 is 2.72 bits per heavy atom. The number of rotatable bonds is 5. The number of methoxy groups -OCH3 is 1. The van der Waals surface area contributed by atoms with Crippen LogP contribution in [0.5, 0.6) is 5.75 Å². The minimum absolute atomic E-state index is 0.00546. The number of anilines is 2. The molecule has 8 nitrogen and oxygen atoms in total. The standard InChI is InChI=1S/C23H23N3O5S/c1-30-19-4-2-3-5-20(19)32(28,29)25-22-17-11-23(8-9-23)18-7-6-14(26-12-15(27)13-26)10-16(18)21(17)31-24-22/h2-7,10,15,27H,8-9,11-13H2,1H3,(H,24,25). The second-order valence-corrected chi connectivity index (χ2v) is 10.5. The molecule has 9 heteroatoms. The maximum absolute atomic E-state index is 13.1. The predicted octanol–water partition coefficient (Wildman–Crippen LogP) is 2.92. The number of hydrogen-bond acceptors (Lipinski definition) is 7. The lowest BCUT2D eigenvalue weighted by Crippen LogP contribution is -2.50. The molecule has 2 aromatic carbocycles. The van der Waals surface area contributed by atoms with Gasteiger partial charge in [0.05, 0.1) is 13.2 Å². The molecule has 1 saturated carbocycles. The van der Waals surface area contributed by atoms with Gasteiger partial charge in [-0.3, -0.25) is 4.72 Å². The molecule has 0 amide bonds. The summed E-state index contributed by atoms with van der Waals surface area (Å²) in [5.41, 5.74) is 3.99. The highest BCUT2D eigenvalue weighted by atomic mass is 32.2. The number of ether oxygens (including phenoxy) is 1. The fourth-order valence-electron chi connectivity index (χ4n) is 4.86. The molecule has 166 valence electrons. The summed E-state index contributed by atoms with van der Waals surface area (Å²) in [4.78, 5) is 2.16. The van der Waals surface area contributed by atoms with Crippen molar-refractivity contribution in [3.05, 3.63) is 53.6 Å². The number of fused-ring (bicyclic) bond motifs is 4. The van der Waals surface area contributed by atoms with Gasteiger partial charge in [0.25, 0.3) is 10.0 Å². The van der Waals surface area contributed by atoms with E-state index in [1.54, 1.807) is 18.2 Å². The summed E-state index contributed by atoms with van der Waals surface area (Å²) in [6, 6.07) is 12.8. The summed E-state index contributed by atoms with van der Waals surface area (Å²) in [6.45, 7) is 1.22. The third-order valence-corrected chi connectivity index (χ3v) is 8.17. The molecule has 3 aromatic rings. The number of sulfonamides is 1. The maximum Gasteiger partial charge on any atom is 0.266 e. The van der Waals surface area contributed by atoms with Crippen molar-refractivity contribution in [2.45, 2.75) is 35.7 Å². The van der Waals surface area contributed by atoms with Crippen LogP contribution in [0.4, 0.5) is 11.5 Å². The Morgan fingerprint density at radius 1 is 1.22 bits per heavy atom. The van der Waals surface area contributed by atoms with Crippen molar-refractivity contribution in [1.82, 2.24) is 5.16 Å². The molecule has 6 rings (SSSR count). The highest BCUT2D eigenvalue weighted by molar-refractivity contribution is 7.92. The monoisotopic (exact) mass is 453 g/mol. The van der Waals surface area contributed by atoms with Crippen LogP contribution in [0.25, 0.3) is 11.3 Å². The van der Waals surface area contributed by atoms with Crippen LogP contribution in [0, 0.1) is 0 Å². The molecule has 32 heavy (non-hydrogen) atoms. The number of β-amino-alcohol motifs (C(OH)–C–C–N with tert-alkyl or cyclic N) is 1. The molecule has 2 aliphatic carbocycles. The molecule has 0 unspecified atom stereocenters. The van der Waals surface area contributed by atoms with Gasteiger partial charge in [-0.1, -0.05) is 23.4 Å². The average Bonchev–Trinajstić information content (AvgIpc) is 3.44. The first-order valence-corrected chi connectivity index (χ1v) is 12.1. The SMILES string of the molecule is COc1ccccc1S(=O)(=O)Nc1noc2c1CC1(CC1)c1ccc(N3CC(O)C3)cc1-2. The smallest absolute Gasteiger partial charge is 0.266 e. The van der Waals surface area contributed by atoms with Gasteiger partial charge in [0.15, 0.2) is 11.6 Å². The van der Waals surface area contributed by atoms with E-state index in [2.05, 4.69) is 33.0 Å². The van der Waals surface area contributed by atoms with Crippen molar-refractivity contribution in [3.63, 3.8) is 0 Å². The number of aliphatic hydroxyl groups excluding tert-OH is 1. The maximum atomic E-state index is 13.1.